The second kappa shape index (κ2) is 10.5. The minimum atomic E-state index is -1.02. The molecule has 2 aliphatic rings. The summed E-state index contributed by atoms with van der Waals surface area (Å²) in [5.74, 6) is -0.969. The molecule has 4 rings (SSSR count). The Morgan fingerprint density at radius 2 is 1.71 bits per heavy atom. The number of alkyl carbamates (subject to hydrolysis) is 1. The average Bonchev–Trinajstić information content (AvgIpc) is 3.60. The number of aliphatic carboxylic acids is 1. The van der Waals surface area contributed by atoms with Gasteiger partial charge in [0.15, 0.2) is 0 Å². The summed E-state index contributed by atoms with van der Waals surface area (Å²) in [7, 11) is 0. The standard InChI is InChI=1S/C27H30N2O5/c1-2-15-29(16-18-11-12-18)26(32)24(13-14-25(30)31)28-27(33)34-17-23-21-9-5-3-7-19(21)20-8-4-6-10-22(20)23/h2-10,18,23-24H,1,11-17H2,(H,28,33)(H,30,31). The normalized spacial score (nSPS) is 15.1. The largest absolute Gasteiger partial charge is 0.481 e. The molecule has 0 saturated heterocycles. The molecule has 7 heteroatoms. The second-order valence-corrected chi connectivity index (χ2v) is 8.93. The van der Waals surface area contributed by atoms with Crippen LogP contribution in [0.2, 0.25) is 0 Å². The Balaban J connectivity index is 1.43. The summed E-state index contributed by atoms with van der Waals surface area (Å²) in [6.45, 7) is 4.78. The van der Waals surface area contributed by atoms with Gasteiger partial charge in [-0.05, 0) is 47.4 Å². The number of rotatable bonds is 11. The van der Waals surface area contributed by atoms with Gasteiger partial charge in [0.2, 0.25) is 5.91 Å². The highest BCUT2D eigenvalue weighted by atomic mass is 16.5. The first kappa shape index (κ1) is 23.5. The molecular weight excluding hydrogens is 432 g/mol. The zero-order valence-corrected chi connectivity index (χ0v) is 19.1. The summed E-state index contributed by atoms with van der Waals surface area (Å²) in [6.07, 6.45) is 2.82. The molecule has 1 fully saturated rings. The predicted molar refractivity (Wildman–Crippen MR) is 128 cm³/mol. The minimum Gasteiger partial charge on any atom is -0.481 e. The van der Waals surface area contributed by atoms with Crippen LogP contribution in [0.3, 0.4) is 0 Å². The van der Waals surface area contributed by atoms with Crippen molar-refractivity contribution in [3.05, 3.63) is 72.3 Å². The van der Waals surface area contributed by atoms with E-state index in [0.717, 1.165) is 35.1 Å². The molecule has 2 aromatic rings. The SMILES string of the molecule is C=CCN(CC1CC1)C(=O)C(CCC(=O)O)NC(=O)OCC1c2ccccc2-c2ccccc21. The van der Waals surface area contributed by atoms with Gasteiger partial charge in [-0.2, -0.15) is 0 Å². The van der Waals surface area contributed by atoms with Crippen LogP contribution in [0.5, 0.6) is 0 Å². The average molecular weight is 463 g/mol. The lowest BCUT2D eigenvalue weighted by molar-refractivity contribution is -0.138. The lowest BCUT2D eigenvalue weighted by Gasteiger charge is -2.27. The molecule has 0 spiro atoms. The lowest BCUT2D eigenvalue weighted by atomic mass is 9.98. The Hall–Kier alpha value is -3.61. The highest BCUT2D eigenvalue weighted by Gasteiger charge is 2.32. The van der Waals surface area contributed by atoms with Gasteiger partial charge in [0.05, 0.1) is 0 Å². The van der Waals surface area contributed by atoms with E-state index in [1.807, 2.05) is 36.4 Å². The van der Waals surface area contributed by atoms with Gasteiger partial charge >= 0.3 is 12.1 Å². The summed E-state index contributed by atoms with van der Waals surface area (Å²) < 4.78 is 5.57. The van der Waals surface area contributed by atoms with Gasteiger partial charge in [0, 0.05) is 25.4 Å². The topological polar surface area (TPSA) is 95.9 Å². The number of carbonyl (C=O) groups is 3. The third-order valence-electron chi connectivity index (χ3n) is 6.42. The Labute approximate surface area is 199 Å². The Kier molecular flexibility index (Phi) is 7.30. The van der Waals surface area contributed by atoms with Crippen LogP contribution in [0.15, 0.2) is 61.2 Å². The number of carboxylic acid groups (broad SMARTS) is 1. The van der Waals surface area contributed by atoms with Crippen molar-refractivity contribution < 1.29 is 24.2 Å². The molecule has 178 valence electrons. The lowest BCUT2D eigenvalue weighted by Crippen LogP contribution is -2.49. The van der Waals surface area contributed by atoms with Gasteiger partial charge in [-0.25, -0.2) is 4.79 Å². The van der Waals surface area contributed by atoms with Crippen molar-refractivity contribution >= 4 is 18.0 Å². The van der Waals surface area contributed by atoms with Gasteiger partial charge in [-0.3, -0.25) is 9.59 Å². The summed E-state index contributed by atoms with van der Waals surface area (Å²) in [5.41, 5.74) is 4.44. The van der Waals surface area contributed by atoms with E-state index in [-0.39, 0.29) is 31.3 Å². The van der Waals surface area contributed by atoms with Gasteiger partial charge in [-0.1, -0.05) is 54.6 Å². The van der Waals surface area contributed by atoms with E-state index in [0.29, 0.717) is 19.0 Å². The monoisotopic (exact) mass is 462 g/mol. The Bertz CT molecular complexity index is 1030. The zero-order chi connectivity index (χ0) is 24.1. The van der Waals surface area contributed by atoms with E-state index < -0.39 is 18.1 Å². The molecule has 2 amide bonds. The highest BCUT2D eigenvalue weighted by Crippen LogP contribution is 2.44. The Morgan fingerprint density at radius 3 is 2.26 bits per heavy atom. The number of hydrogen-bond donors (Lipinski definition) is 2. The van der Waals surface area contributed by atoms with Crippen LogP contribution >= 0.6 is 0 Å². The van der Waals surface area contributed by atoms with E-state index >= 15 is 0 Å². The molecule has 0 bridgehead atoms. The predicted octanol–water partition coefficient (Wildman–Crippen LogP) is 4.18. The molecule has 0 aliphatic heterocycles. The third-order valence-corrected chi connectivity index (χ3v) is 6.42. The molecule has 0 aromatic heterocycles. The van der Waals surface area contributed by atoms with Crippen molar-refractivity contribution in [3.8, 4) is 11.1 Å². The first-order chi connectivity index (χ1) is 16.5. The van der Waals surface area contributed by atoms with E-state index in [4.69, 9.17) is 9.84 Å². The number of fused-ring (bicyclic) bond motifs is 3. The number of ether oxygens (including phenoxy) is 1. The third kappa shape index (κ3) is 5.47. The van der Waals surface area contributed by atoms with Gasteiger partial charge < -0.3 is 20.1 Å². The molecule has 2 N–H and O–H groups in total. The Morgan fingerprint density at radius 1 is 1.09 bits per heavy atom. The summed E-state index contributed by atoms with van der Waals surface area (Å²) in [5, 5.41) is 11.8. The van der Waals surface area contributed by atoms with Crippen molar-refractivity contribution in [2.75, 3.05) is 19.7 Å². The molecule has 7 nitrogen and oxygen atoms in total. The second-order valence-electron chi connectivity index (χ2n) is 8.93. The van der Waals surface area contributed by atoms with Crippen LogP contribution in [0, 0.1) is 5.92 Å². The molecule has 0 heterocycles. The molecule has 2 aromatic carbocycles. The number of nitrogens with zero attached hydrogens (tertiary/aromatic N) is 1. The van der Waals surface area contributed by atoms with Crippen molar-refractivity contribution in [2.24, 2.45) is 5.92 Å². The first-order valence-corrected chi connectivity index (χ1v) is 11.7. The molecule has 0 radical (unpaired) electrons. The fourth-order valence-corrected chi connectivity index (χ4v) is 4.55. The number of carbonyl (C=O) groups excluding carboxylic acids is 2. The maximum absolute atomic E-state index is 13.1. The van der Waals surface area contributed by atoms with Crippen molar-refractivity contribution in [3.63, 3.8) is 0 Å². The fourth-order valence-electron chi connectivity index (χ4n) is 4.55. The van der Waals surface area contributed by atoms with E-state index in [9.17, 15) is 14.4 Å². The molecule has 2 aliphatic carbocycles. The van der Waals surface area contributed by atoms with Crippen molar-refractivity contribution in [2.45, 2.75) is 37.6 Å². The van der Waals surface area contributed by atoms with Crippen LogP contribution in [0.1, 0.15) is 42.7 Å². The number of nitrogens with one attached hydrogen (secondary N) is 1. The summed E-state index contributed by atoms with van der Waals surface area (Å²) in [6, 6.07) is 15.1. The maximum Gasteiger partial charge on any atom is 0.407 e. The quantitative estimate of drug-likeness (QED) is 0.489. The van der Waals surface area contributed by atoms with E-state index in [1.165, 1.54) is 0 Å². The summed E-state index contributed by atoms with van der Waals surface area (Å²) >= 11 is 0. The van der Waals surface area contributed by atoms with Crippen molar-refractivity contribution in [1.29, 1.82) is 0 Å². The van der Waals surface area contributed by atoms with Crippen molar-refractivity contribution in [1.82, 2.24) is 10.2 Å². The van der Waals surface area contributed by atoms with E-state index in [1.54, 1.807) is 11.0 Å². The maximum atomic E-state index is 13.1. The number of carboxylic acids is 1. The molecular formula is C27H30N2O5. The smallest absolute Gasteiger partial charge is 0.407 e. The number of amides is 2. The summed E-state index contributed by atoms with van der Waals surface area (Å²) in [4.78, 5) is 38.7. The van der Waals surface area contributed by atoms with E-state index in [2.05, 4.69) is 24.0 Å². The van der Waals surface area contributed by atoms with Crippen LogP contribution in [0.4, 0.5) is 4.79 Å². The molecule has 1 unspecified atom stereocenters. The molecule has 1 saturated carbocycles. The van der Waals surface area contributed by atoms with Gasteiger partial charge in [-0.15, -0.1) is 6.58 Å². The zero-order valence-electron chi connectivity index (χ0n) is 19.1. The molecule has 1 atom stereocenters. The van der Waals surface area contributed by atoms with Gasteiger partial charge in [0.1, 0.15) is 12.6 Å². The van der Waals surface area contributed by atoms with Crippen LogP contribution in [0.25, 0.3) is 11.1 Å². The van der Waals surface area contributed by atoms with Crippen LogP contribution in [-0.2, 0) is 14.3 Å². The highest BCUT2D eigenvalue weighted by molar-refractivity contribution is 5.86. The number of hydrogen-bond acceptors (Lipinski definition) is 4. The number of benzene rings is 2. The first-order valence-electron chi connectivity index (χ1n) is 11.7. The van der Waals surface area contributed by atoms with Crippen LogP contribution in [-0.4, -0.2) is 53.7 Å². The van der Waals surface area contributed by atoms with Crippen LogP contribution < -0.4 is 5.32 Å². The molecule has 34 heavy (non-hydrogen) atoms. The van der Waals surface area contributed by atoms with Gasteiger partial charge in [0.25, 0.3) is 0 Å². The minimum absolute atomic E-state index is 0.00330. The fraction of sp³-hybridized carbons (Fsp3) is 0.370.